The molecule has 0 aliphatic heterocycles. The van der Waals surface area contributed by atoms with Crippen LogP contribution in [0.4, 0.5) is 0 Å². The van der Waals surface area contributed by atoms with Gasteiger partial charge in [0.2, 0.25) is 0 Å². The molecule has 0 atom stereocenters. The van der Waals surface area contributed by atoms with Gasteiger partial charge >= 0.3 is 0 Å². The number of thiol groups is 1. The summed E-state index contributed by atoms with van der Waals surface area (Å²) in [5.74, 6) is 1.64. The molecule has 0 N–H and O–H groups in total. The second kappa shape index (κ2) is 4.98. The van der Waals surface area contributed by atoms with Gasteiger partial charge in [0.25, 0.3) is 5.91 Å². The molecule has 5 heteroatoms. The molecule has 0 bridgehead atoms. The molecule has 0 unspecified atom stereocenters. The Morgan fingerprint density at radius 2 is 2.29 bits per heavy atom. The third kappa shape index (κ3) is 2.92. The largest absolute Gasteiger partial charge is 0.464 e. The number of hydrogen-bond acceptors (Lipinski definition) is 4. The Bertz CT molecular complexity index is 530. The number of thiophene rings is 1. The third-order valence-electron chi connectivity index (χ3n) is 2.33. The monoisotopic (exact) mass is 267 g/mol. The maximum atomic E-state index is 12.0. The normalized spacial score (nSPS) is 10.5. The van der Waals surface area contributed by atoms with Crippen molar-refractivity contribution in [1.82, 2.24) is 4.90 Å². The number of carbonyl (C=O) groups is 1. The maximum Gasteiger partial charge on any atom is 0.264 e. The standard InChI is InChI=1S/C12H13NO2S2/c1-8-3-4-9(15-8)6-13(2)12(14)11-5-10(16)7-17-11/h3-5,7,16H,6H2,1-2H3. The number of rotatable bonds is 3. The van der Waals surface area contributed by atoms with Gasteiger partial charge in [-0.3, -0.25) is 4.79 Å². The number of furan rings is 1. The van der Waals surface area contributed by atoms with Gasteiger partial charge in [-0.25, -0.2) is 0 Å². The molecule has 1 amide bonds. The van der Waals surface area contributed by atoms with Crippen LogP contribution in [0.3, 0.4) is 0 Å². The molecular formula is C12H13NO2S2. The lowest BCUT2D eigenvalue weighted by Crippen LogP contribution is -2.25. The summed E-state index contributed by atoms with van der Waals surface area (Å²) in [7, 11) is 1.76. The molecule has 3 nitrogen and oxygen atoms in total. The molecule has 0 fully saturated rings. The summed E-state index contributed by atoms with van der Waals surface area (Å²) in [6.07, 6.45) is 0. The van der Waals surface area contributed by atoms with Gasteiger partial charge in [-0.2, -0.15) is 0 Å². The lowest BCUT2D eigenvalue weighted by atomic mass is 10.3. The number of amides is 1. The molecule has 0 saturated carbocycles. The van der Waals surface area contributed by atoms with Gasteiger partial charge in [-0.05, 0) is 25.1 Å². The Labute approximate surface area is 109 Å². The van der Waals surface area contributed by atoms with Crippen LogP contribution >= 0.6 is 24.0 Å². The molecule has 90 valence electrons. The van der Waals surface area contributed by atoms with Gasteiger partial charge < -0.3 is 9.32 Å². The van der Waals surface area contributed by atoms with Gasteiger partial charge in [0.05, 0.1) is 11.4 Å². The van der Waals surface area contributed by atoms with E-state index in [9.17, 15) is 4.79 Å². The van der Waals surface area contributed by atoms with E-state index in [0.29, 0.717) is 11.4 Å². The van der Waals surface area contributed by atoms with Gasteiger partial charge in [0, 0.05) is 17.3 Å². The molecule has 0 aliphatic carbocycles. The minimum atomic E-state index is -0.00986. The summed E-state index contributed by atoms with van der Waals surface area (Å²) in [5.41, 5.74) is 0. The highest BCUT2D eigenvalue weighted by Gasteiger charge is 2.15. The summed E-state index contributed by atoms with van der Waals surface area (Å²) >= 11 is 5.60. The minimum absolute atomic E-state index is 0.00986. The van der Waals surface area contributed by atoms with E-state index < -0.39 is 0 Å². The first kappa shape index (κ1) is 12.3. The van der Waals surface area contributed by atoms with Gasteiger partial charge in [-0.1, -0.05) is 0 Å². The van der Waals surface area contributed by atoms with E-state index in [1.807, 2.05) is 24.4 Å². The lowest BCUT2D eigenvalue weighted by molar-refractivity contribution is 0.0779. The van der Waals surface area contributed by atoms with Crippen LogP contribution in [0.5, 0.6) is 0 Å². The molecule has 0 aliphatic rings. The Balaban J connectivity index is 2.05. The van der Waals surface area contributed by atoms with Crippen LogP contribution in [-0.2, 0) is 6.54 Å². The molecule has 2 rings (SSSR count). The highest BCUT2D eigenvalue weighted by molar-refractivity contribution is 7.80. The van der Waals surface area contributed by atoms with Crippen molar-refractivity contribution < 1.29 is 9.21 Å². The Kier molecular flexibility index (Phi) is 3.59. The molecule has 2 aromatic heterocycles. The van der Waals surface area contributed by atoms with Gasteiger partial charge in [-0.15, -0.1) is 24.0 Å². The first-order valence-corrected chi connectivity index (χ1v) is 6.47. The zero-order valence-electron chi connectivity index (χ0n) is 9.64. The van der Waals surface area contributed by atoms with Crippen molar-refractivity contribution in [1.29, 1.82) is 0 Å². The van der Waals surface area contributed by atoms with Gasteiger partial charge in [0.15, 0.2) is 0 Å². The van der Waals surface area contributed by atoms with Crippen LogP contribution in [0.1, 0.15) is 21.2 Å². The highest BCUT2D eigenvalue weighted by Crippen LogP contribution is 2.20. The van der Waals surface area contributed by atoms with Crippen molar-refractivity contribution in [3.8, 4) is 0 Å². The fourth-order valence-electron chi connectivity index (χ4n) is 1.50. The number of aryl methyl sites for hydroxylation is 1. The van der Waals surface area contributed by atoms with Crippen LogP contribution in [0.2, 0.25) is 0 Å². The summed E-state index contributed by atoms with van der Waals surface area (Å²) < 4.78 is 5.44. The van der Waals surface area contributed by atoms with Crippen LogP contribution < -0.4 is 0 Å². The molecule has 0 aromatic carbocycles. The number of nitrogens with zero attached hydrogens (tertiary/aromatic N) is 1. The second-order valence-corrected chi connectivity index (χ2v) is 5.27. The SMILES string of the molecule is Cc1ccc(CN(C)C(=O)c2cc(S)cs2)o1. The van der Waals surface area contributed by atoms with Crippen molar-refractivity contribution in [3.63, 3.8) is 0 Å². The fourth-order valence-corrected chi connectivity index (χ4v) is 2.64. The van der Waals surface area contributed by atoms with E-state index in [-0.39, 0.29) is 5.91 Å². The zero-order valence-corrected chi connectivity index (χ0v) is 11.3. The second-order valence-electron chi connectivity index (χ2n) is 3.84. The van der Waals surface area contributed by atoms with Crippen molar-refractivity contribution >= 4 is 29.9 Å². The molecular weight excluding hydrogens is 254 g/mol. The number of hydrogen-bond donors (Lipinski definition) is 1. The molecule has 0 radical (unpaired) electrons. The third-order valence-corrected chi connectivity index (χ3v) is 3.68. The first-order chi connectivity index (χ1) is 8.06. The van der Waals surface area contributed by atoms with Crippen molar-refractivity contribution in [3.05, 3.63) is 40.0 Å². The summed E-state index contributed by atoms with van der Waals surface area (Å²) in [5, 5.41) is 1.85. The molecule has 2 heterocycles. The van der Waals surface area contributed by atoms with E-state index in [4.69, 9.17) is 4.42 Å². The molecule has 0 saturated heterocycles. The Morgan fingerprint density at radius 3 is 2.82 bits per heavy atom. The molecule has 17 heavy (non-hydrogen) atoms. The van der Waals surface area contributed by atoms with E-state index in [1.165, 1.54) is 11.3 Å². The van der Waals surface area contributed by atoms with Crippen molar-refractivity contribution in [2.45, 2.75) is 18.4 Å². The first-order valence-electron chi connectivity index (χ1n) is 5.14. The minimum Gasteiger partial charge on any atom is -0.464 e. The maximum absolute atomic E-state index is 12.0. The Hall–Kier alpha value is -1.20. The van der Waals surface area contributed by atoms with E-state index >= 15 is 0 Å². The van der Waals surface area contributed by atoms with E-state index in [0.717, 1.165) is 16.4 Å². The molecule has 2 aromatic rings. The topological polar surface area (TPSA) is 33.5 Å². The zero-order chi connectivity index (χ0) is 12.4. The Morgan fingerprint density at radius 1 is 1.53 bits per heavy atom. The smallest absolute Gasteiger partial charge is 0.264 e. The fraction of sp³-hybridized carbons (Fsp3) is 0.250. The molecule has 0 spiro atoms. The van der Waals surface area contributed by atoms with Crippen LogP contribution in [0.25, 0.3) is 0 Å². The predicted octanol–water partition coefficient (Wildman–Crippen LogP) is 3.21. The van der Waals surface area contributed by atoms with E-state index in [2.05, 4.69) is 12.6 Å². The quantitative estimate of drug-likeness (QED) is 0.866. The van der Waals surface area contributed by atoms with Crippen LogP contribution in [-0.4, -0.2) is 17.9 Å². The average Bonchev–Trinajstić information content (AvgIpc) is 2.87. The lowest BCUT2D eigenvalue weighted by Gasteiger charge is -2.14. The number of carbonyl (C=O) groups excluding carboxylic acids is 1. The van der Waals surface area contributed by atoms with Gasteiger partial charge in [0.1, 0.15) is 11.5 Å². The summed E-state index contributed by atoms with van der Waals surface area (Å²) in [6.45, 7) is 2.37. The van der Waals surface area contributed by atoms with Crippen LogP contribution in [0, 0.1) is 6.92 Å². The van der Waals surface area contributed by atoms with Crippen molar-refractivity contribution in [2.24, 2.45) is 0 Å². The highest BCUT2D eigenvalue weighted by atomic mass is 32.1. The van der Waals surface area contributed by atoms with Crippen molar-refractivity contribution in [2.75, 3.05) is 7.05 Å². The summed E-state index contributed by atoms with van der Waals surface area (Å²) in [6, 6.07) is 5.56. The summed E-state index contributed by atoms with van der Waals surface area (Å²) in [4.78, 5) is 15.2. The average molecular weight is 267 g/mol. The predicted molar refractivity (Wildman–Crippen MR) is 70.8 cm³/mol. The van der Waals surface area contributed by atoms with E-state index in [1.54, 1.807) is 18.0 Å². The van der Waals surface area contributed by atoms with Crippen LogP contribution in [0.15, 0.2) is 32.9 Å².